The van der Waals surface area contributed by atoms with Crippen molar-refractivity contribution in [3.8, 4) is 0 Å². The van der Waals surface area contributed by atoms with Crippen molar-refractivity contribution < 1.29 is 4.79 Å². The van der Waals surface area contributed by atoms with Crippen molar-refractivity contribution in [2.45, 2.75) is 26.9 Å². The molecule has 0 fully saturated rings. The van der Waals surface area contributed by atoms with E-state index in [4.69, 9.17) is 11.6 Å². The van der Waals surface area contributed by atoms with E-state index >= 15 is 0 Å². The van der Waals surface area contributed by atoms with E-state index in [0.717, 1.165) is 28.2 Å². The molecule has 0 aliphatic carbocycles. The molecule has 2 aromatic carbocycles. The Balaban J connectivity index is 1.52. The van der Waals surface area contributed by atoms with Crippen LogP contribution in [0.2, 0.25) is 5.02 Å². The third kappa shape index (κ3) is 4.28. The van der Waals surface area contributed by atoms with Gasteiger partial charge in [0, 0.05) is 23.0 Å². The maximum atomic E-state index is 12.9. The van der Waals surface area contributed by atoms with Crippen molar-refractivity contribution in [1.82, 2.24) is 19.6 Å². The van der Waals surface area contributed by atoms with E-state index in [9.17, 15) is 4.79 Å². The van der Waals surface area contributed by atoms with Crippen LogP contribution in [0, 0.1) is 13.8 Å². The number of nitrogens with zero attached hydrogens (tertiary/aromatic N) is 4. The van der Waals surface area contributed by atoms with Crippen LogP contribution in [0.3, 0.4) is 0 Å². The number of amides is 1. The lowest BCUT2D eigenvalue weighted by molar-refractivity contribution is 0.102. The van der Waals surface area contributed by atoms with E-state index < -0.39 is 0 Å². The Morgan fingerprint density at radius 3 is 2.67 bits per heavy atom. The molecule has 152 valence electrons. The zero-order chi connectivity index (χ0) is 21.1. The molecule has 0 aliphatic heterocycles. The van der Waals surface area contributed by atoms with Crippen molar-refractivity contribution >= 4 is 23.2 Å². The summed E-state index contributed by atoms with van der Waals surface area (Å²) in [5.41, 5.74) is 4.96. The number of carbonyl (C=O) groups excluding carboxylic acids is 1. The summed E-state index contributed by atoms with van der Waals surface area (Å²) in [6.45, 7) is 4.99. The highest BCUT2D eigenvalue weighted by Crippen LogP contribution is 2.23. The topological polar surface area (TPSA) is 64.7 Å². The molecular weight excluding hydrogens is 398 g/mol. The number of rotatable bonds is 6. The highest BCUT2D eigenvalue weighted by molar-refractivity contribution is 6.31. The van der Waals surface area contributed by atoms with Crippen LogP contribution in [-0.2, 0) is 13.1 Å². The van der Waals surface area contributed by atoms with Gasteiger partial charge in [-0.3, -0.25) is 14.2 Å². The van der Waals surface area contributed by atoms with Crippen LogP contribution >= 0.6 is 11.6 Å². The first kappa shape index (κ1) is 19.9. The van der Waals surface area contributed by atoms with Crippen molar-refractivity contribution in [1.29, 1.82) is 0 Å². The first-order valence-corrected chi connectivity index (χ1v) is 10.0. The molecule has 0 bridgehead atoms. The fraction of sp³-hybridized carbons (Fsp3) is 0.174. The predicted molar refractivity (Wildman–Crippen MR) is 118 cm³/mol. The minimum Gasteiger partial charge on any atom is -0.319 e. The summed E-state index contributed by atoms with van der Waals surface area (Å²) in [4.78, 5) is 12.9. The number of aromatic nitrogens is 4. The molecule has 0 aliphatic rings. The summed E-state index contributed by atoms with van der Waals surface area (Å²) in [5.74, 6) is -0.166. The van der Waals surface area contributed by atoms with Crippen LogP contribution in [-0.4, -0.2) is 25.5 Å². The molecule has 0 spiro atoms. The zero-order valence-electron chi connectivity index (χ0n) is 16.8. The molecule has 0 atom stereocenters. The normalized spacial score (nSPS) is 10.9. The lowest BCUT2D eigenvalue weighted by atomic mass is 10.1. The summed E-state index contributed by atoms with van der Waals surface area (Å²) in [6.07, 6.45) is 3.63. The molecule has 0 saturated carbocycles. The van der Waals surface area contributed by atoms with Gasteiger partial charge in [0.2, 0.25) is 0 Å². The van der Waals surface area contributed by atoms with E-state index in [1.54, 1.807) is 12.3 Å². The standard InChI is InChI=1S/C23H22ClN5O/c1-16-22(17(2)29(27-16)15-20-8-3-4-10-21(20)24)26-23(30)19-9-5-7-18(13-19)14-28-12-6-11-25-28/h3-13H,14-15H2,1-2H3,(H,26,30). The van der Waals surface area contributed by atoms with Gasteiger partial charge in [-0.15, -0.1) is 0 Å². The zero-order valence-corrected chi connectivity index (χ0v) is 17.6. The Kier molecular flexibility index (Phi) is 5.68. The van der Waals surface area contributed by atoms with E-state index in [1.165, 1.54) is 0 Å². The average Bonchev–Trinajstić information content (AvgIpc) is 3.33. The number of benzene rings is 2. The van der Waals surface area contributed by atoms with E-state index in [0.29, 0.717) is 23.7 Å². The van der Waals surface area contributed by atoms with E-state index in [1.807, 2.05) is 77.9 Å². The van der Waals surface area contributed by atoms with Crippen LogP contribution in [0.15, 0.2) is 67.0 Å². The highest BCUT2D eigenvalue weighted by atomic mass is 35.5. The number of aryl methyl sites for hydroxylation is 1. The van der Waals surface area contributed by atoms with Gasteiger partial charge in [-0.05, 0) is 49.2 Å². The lowest BCUT2D eigenvalue weighted by Crippen LogP contribution is -2.14. The molecule has 0 saturated heterocycles. The molecule has 4 rings (SSSR count). The molecule has 0 unspecified atom stereocenters. The van der Waals surface area contributed by atoms with Gasteiger partial charge in [-0.2, -0.15) is 10.2 Å². The van der Waals surface area contributed by atoms with Gasteiger partial charge in [-0.25, -0.2) is 0 Å². The first-order valence-electron chi connectivity index (χ1n) is 9.66. The summed E-state index contributed by atoms with van der Waals surface area (Å²) in [7, 11) is 0. The number of hydrogen-bond acceptors (Lipinski definition) is 3. The third-order valence-corrected chi connectivity index (χ3v) is 5.36. The second-order valence-corrected chi connectivity index (χ2v) is 7.56. The minimum atomic E-state index is -0.166. The van der Waals surface area contributed by atoms with Crippen molar-refractivity contribution in [3.63, 3.8) is 0 Å². The van der Waals surface area contributed by atoms with Gasteiger partial charge in [0.15, 0.2) is 0 Å². The van der Waals surface area contributed by atoms with Gasteiger partial charge in [-0.1, -0.05) is 41.9 Å². The maximum absolute atomic E-state index is 12.9. The quantitative estimate of drug-likeness (QED) is 0.492. The summed E-state index contributed by atoms with van der Waals surface area (Å²) < 4.78 is 3.68. The Hall–Kier alpha value is -3.38. The molecule has 2 heterocycles. The predicted octanol–water partition coefficient (Wildman–Crippen LogP) is 4.70. The number of nitrogens with one attached hydrogen (secondary N) is 1. The number of carbonyl (C=O) groups is 1. The van der Waals surface area contributed by atoms with Gasteiger partial charge >= 0.3 is 0 Å². The minimum absolute atomic E-state index is 0.166. The molecule has 2 aromatic heterocycles. The molecule has 1 amide bonds. The van der Waals surface area contributed by atoms with Gasteiger partial charge in [0.1, 0.15) is 0 Å². The largest absolute Gasteiger partial charge is 0.319 e. The first-order chi connectivity index (χ1) is 14.5. The number of anilines is 1. The fourth-order valence-corrected chi connectivity index (χ4v) is 3.59. The third-order valence-electron chi connectivity index (χ3n) is 4.99. The van der Waals surface area contributed by atoms with Crippen LogP contribution in [0.1, 0.15) is 32.9 Å². The van der Waals surface area contributed by atoms with E-state index in [2.05, 4.69) is 15.5 Å². The molecule has 4 aromatic rings. The Labute approximate surface area is 180 Å². The summed E-state index contributed by atoms with van der Waals surface area (Å²) >= 11 is 6.29. The molecule has 1 N–H and O–H groups in total. The monoisotopic (exact) mass is 419 g/mol. The van der Waals surface area contributed by atoms with E-state index in [-0.39, 0.29) is 5.91 Å². The van der Waals surface area contributed by atoms with Gasteiger partial charge in [0.25, 0.3) is 5.91 Å². The van der Waals surface area contributed by atoms with Crippen LogP contribution in [0.25, 0.3) is 0 Å². The van der Waals surface area contributed by atoms with Crippen LogP contribution in [0.5, 0.6) is 0 Å². The Bertz CT molecular complexity index is 1180. The lowest BCUT2D eigenvalue weighted by Gasteiger charge is -2.09. The summed E-state index contributed by atoms with van der Waals surface area (Å²) in [5, 5.41) is 12.5. The van der Waals surface area contributed by atoms with Crippen LogP contribution in [0.4, 0.5) is 5.69 Å². The second-order valence-electron chi connectivity index (χ2n) is 7.15. The van der Waals surface area contributed by atoms with Crippen molar-refractivity contribution in [2.75, 3.05) is 5.32 Å². The molecule has 30 heavy (non-hydrogen) atoms. The molecule has 6 nitrogen and oxygen atoms in total. The Morgan fingerprint density at radius 2 is 1.90 bits per heavy atom. The summed E-state index contributed by atoms with van der Waals surface area (Å²) in [6, 6.07) is 17.1. The van der Waals surface area contributed by atoms with Crippen molar-refractivity contribution in [3.05, 3.63) is 100 Å². The van der Waals surface area contributed by atoms with Gasteiger partial charge in [0.05, 0.1) is 30.2 Å². The number of halogens is 1. The maximum Gasteiger partial charge on any atom is 0.255 e. The average molecular weight is 420 g/mol. The SMILES string of the molecule is Cc1nn(Cc2ccccc2Cl)c(C)c1NC(=O)c1cccc(Cn2cccn2)c1. The molecular formula is C23H22ClN5O. The fourth-order valence-electron chi connectivity index (χ4n) is 3.40. The molecule has 7 heteroatoms. The van der Waals surface area contributed by atoms with Gasteiger partial charge < -0.3 is 5.32 Å². The molecule has 0 radical (unpaired) electrons. The highest BCUT2D eigenvalue weighted by Gasteiger charge is 2.16. The number of hydrogen-bond donors (Lipinski definition) is 1. The smallest absolute Gasteiger partial charge is 0.255 e. The Morgan fingerprint density at radius 1 is 1.07 bits per heavy atom. The van der Waals surface area contributed by atoms with Crippen molar-refractivity contribution in [2.24, 2.45) is 0 Å². The second kappa shape index (κ2) is 8.55. The van der Waals surface area contributed by atoms with Crippen LogP contribution < -0.4 is 5.32 Å².